The van der Waals surface area contributed by atoms with E-state index in [0.29, 0.717) is 38.7 Å². The average Bonchev–Trinajstić information content (AvgIpc) is 3.43. The lowest BCUT2D eigenvalue weighted by molar-refractivity contribution is 0.0937. The predicted molar refractivity (Wildman–Crippen MR) is 115 cm³/mol. The summed E-state index contributed by atoms with van der Waals surface area (Å²) in [6.07, 6.45) is 3.87. The molecule has 4 rings (SSSR count). The van der Waals surface area contributed by atoms with Crippen molar-refractivity contribution in [3.05, 3.63) is 52.4 Å². The van der Waals surface area contributed by atoms with Gasteiger partial charge in [-0.1, -0.05) is 11.6 Å². The van der Waals surface area contributed by atoms with E-state index in [1.807, 2.05) is 6.92 Å². The summed E-state index contributed by atoms with van der Waals surface area (Å²) in [5.74, 6) is -0.0857. The maximum absolute atomic E-state index is 12.8. The number of carbonyl (C=O) groups is 1. The highest BCUT2D eigenvalue weighted by atomic mass is 35.5. The third-order valence-electron chi connectivity index (χ3n) is 5.41. The smallest absolute Gasteiger partial charge is 0.255 e. The van der Waals surface area contributed by atoms with E-state index in [2.05, 4.69) is 31.7 Å². The zero-order chi connectivity index (χ0) is 21.4. The molecule has 1 fully saturated rings. The van der Waals surface area contributed by atoms with Crippen LogP contribution in [0.2, 0.25) is 5.02 Å². The van der Waals surface area contributed by atoms with Gasteiger partial charge in [0.25, 0.3) is 5.91 Å². The van der Waals surface area contributed by atoms with E-state index >= 15 is 0 Å². The van der Waals surface area contributed by atoms with Crippen molar-refractivity contribution >= 4 is 40.1 Å². The van der Waals surface area contributed by atoms with Crippen molar-refractivity contribution in [1.29, 1.82) is 10.7 Å². The van der Waals surface area contributed by atoms with Gasteiger partial charge in [0, 0.05) is 35.6 Å². The monoisotopic (exact) mass is 421 g/mol. The molecule has 4 N–H and O–H groups in total. The number of hydrogen-bond acceptors (Lipinski definition) is 6. The van der Waals surface area contributed by atoms with Gasteiger partial charge in [-0.15, -0.1) is 0 Å². The third-order valence-corrected chi connectivity index (χ3v) is 5.64. The first kappa shape index (κ1) is 19.9. The Morgan fingerprint density at radius 3 is 2.93 bits per heavy atom. The molecule has 1 aliphatic rings. The molecule has 3 atom stereocenters. The Bertz CT molecular complexity index is 1200. The minimum Gasteiger partial charge on any atom is -0.388 e. The molecule has 9 heteroatoms. The number of fused-ring (bicyclic) bond motifs is 1. The van der Waals surface area contributed by atoms with Crippen LogP contribution in [0.3, 0.4) is 0 Å². The van der Waals surface area contributed by atoms with Crippen molar-refractivity contribution < 1.29 is 4.79 Å². The van der Waals surface area contributed by atoms with Crippen molar-refractivity contribution in [1.82, 2.24) is 20.3 Å². The second-order valence-corrected chi connectivity index (χ2v) is 7.80. The molecular formula is C21H20ClN7O. The zero-order valence-electron chi connectivity index (χ0n) is 16.5. The molecule has 8 nitrogen and oxygen atoms in total. The van der Waals surface area contributed by atoms with Gasteiger partial charge in [-0.25, -0.2) is 9.97 Å². The fourth-order valence-corrected chi connectivity index (χ4v) is 3.74. The van der Waals surface area contributed by atoms with Crippen molar-refractivity contribution in [3.8, 4) is 6.07 Å². The molecule has 1 aliphatic carbocycles. The fraction of sp³-hybridized carbons (Fsp3) is 0.286. The number of carbonyl (C=O) groups excluding carboxylic acids is 1. The van der Waals surface area contributed by atoms with Crippen LogP contribution in [0.25, 0.3) is 11.2 Å². The number of H-pyrrole nitrogens is 1. The minimum absolute atomic E-state index is 0.0101. The van der Waals surface area contributed by atoms with Gasteiger partial charge in [0.1, 0.15) is 11.2 Å². The third kappa shape index (κ3) is 3.60. The molecule has 2 aromatic heterocycles. The summed E-state index contributed by atoms with van der Waals surface area (Å²) in [6.45, 7) is 1.90. The van der Waals surface area contributed by atoms with Crippen molar-refractivity contribution in [2.24, 2.45) is 11.8 Å². The summed E-state index contributed by atoms with van der Waals surface area (Å²) in [5, 5.41) is 24.1. The number of benzene rings is 1. The quantitative estimate of drug-likeness (QED) is 0.453. The Morgan fingerprint density at radius 1 is 1.43 bits per heavy atom. The number of aromatic amines is 1. The maximum Gasteiger partial charge on any atom is 0.255 e. The molecular weight excluding hydrogens is 402 g/mol. The van der Waals surface area contributed by atoms with Gasteiger partial charge in [-0.05, 0) is 37.5 Å². The van der Waals surface area contributed by atoms with Crippen LogP contribution in [0, 0.1) is 28.6 Å². The van der Waals surface area contributed by atoms with Gasteiger partial charge in [0.15, 0.2) is 5.65 Å². The molecule has 30 heavy (non-hydrogen) atoms. The Kier molecular flexibility index (Phi) is 5.14. The molecule has 3 aromatic rings. The van der Waals surface area contributed by atoms with Crippen LogP contribution in [0.4, 0.5) is 5.69 Å². The SMILES string of the molecule is CNc1cc(Cl)ccc1C(=N)c1cnc2[nH]cc(C(=O)N[C@H](C)[C@H]3C[C@H]3C#N)c2n1. The molecule has 1 aromatic carbocycles. The Labute approximate surface area is 178 Å². The maximum atomic E-state index is 12.8. The first-order valence-electron chi connectivity index (χ1n) is 9.54. The number of hydrogen-bond donors (Lipinski definition) is 4. The summed E-state index contributed by atoms with van der Waals surface area (Å²) in [7, 11) is 1.75. The summed E-state index contributed by atoms with van der Waals surface area (Å²) < 4.78 is 0. The lowest BCUT2D eigenvalue weighted by Gasteiger charge is -2.12. The van der Waals surface area contributed by atoms with Crippen LogP contribution in [0.15, 0.2) is 30.6 Å². The molecule has 152 valence electrons. The minimum atomic E-state index is -0.280. The number of nitrogens with one attached hydrogen (secondary N) is 4. The Balaban J connectivity index is 1.62. The topological polar surface area (TPSA) is 130 Å². The molecule has 0 saturated heterocycles. The van der Waals surface area contributed by atoms with E-state index in [-0.39, 0.29) is 29.5 Å². The fourth-order valence-electron chi connectivity index (χ4n) is 3.57. The van der Waals surface area contributed by atoms with Gasteiger partial charge in [0.05, 0.1) is 29.5 Å². The first-order chi connectivity index (χ1) is 14.4. The van der Waals surface area contributed by atoms with Gasteiger partial charge < -0.3 is 15.6 Å². The summed E-state index contributed by atoms with van der Waals surface area (Å²) >= 11 is 6.05. The van der Waals surface area contributed by atoms with E-state index in [0.717, 1.165) is 6.42 Å². The van der Waals surface area contributed by atoms with Crippen molar-refractivity contribution in [2.45, 2.75) is 19.4 Å². The number of halogens is 1. The van der Waals surface area contributed by atoms with Gasteiger partial charge in [-0.2, -0.15) is 5.26 Å². The highest BCUT2D eigenvalue weighted by Crippen LogP contribution is 2.40. The molecule has 0 bridgehead atoms. The van der Waals surface area contributed by atoms with Crippen LogP contribution < -0.4 is 10.6 Å². The van der Waals surface area contributed by atoms with Crippen molar-refractivity contribution in [3.63, 3.8) is 0 Å². The van der Waals surface area contributed by atoms with E-state index in [1.165, 1.54) is 6.20 Å². The van der Waals surface area contributed by atoms with E-state index in [9.17, 15) is 4.79 Å². The summed E-state index contributed by atoms with van der Waals surface area (Å²) in [6, 6.07) is 7.33. The van der Waals surface area contributed by atoms with Gasteiger partial charge in [0.2, 0.25) is 0 Å². The highest BCUT2D eigenvalue weighted by Gasteiger charge is 2.42. The lowest BCUT2D eigenvalue weighted by Crippen LogP contribution is -2.34. The zero-order valence-corrected chi connectivity index (χ0v) is 17.2. The molecule has 1 amide bonds. The highest BCUT2D eigenvalue weighted by molar-refractivity contribution is 6.31. The number of rotatable bonds is 6. The standard InChI is InChI=1S/C21H20ClN7O/c1-10(14-5-11(14)7-23)28-21(30)15-8-26-20-19(15)29-17(9-27-20)18(24)13-4-3-12(22)6-16(13)25-2/h3-4,6,8-11,14,24-25H,5H2,1-2H3,(H,26,27)(H,28,30)/t10-,11+,14-/m1/s1. The van der Waals surface area contributed by atoms with Gasteiger partial charge in [-0.3, -0.25) is 10.2 Å². The van der Waals surface area contributed by atoms with Crippen LogP contribution in [0.1, 0.15) is 35.0 Å². The normalized spacial score (nSPS) is 18.5. The van der Waals surface area contributed by atoms with Crippen LogP contribution in [-0.4, -0.2) is 39.7 Å². The van der Waals surface area contributed by atoms with Crippen molar-refractivity contribution in [2.75, 3.05) is 12.4 Å². The Hall–Kier alpha value is -3.44. The van der Waals surface area contributed by atoms with E-state index in [4.69, 9.17) is 22.3 Å². The molecule has 1 saturated carbocycles. The second kappa shape index (κ2) is 7.76. The van der Waals surface area contributed by atoms with E-state index < -0.39 is 0 Å². The summed E-state index contributed by atoms with van der Waals surface area (Å²) in [5.41, 5.74) is 3.06. The molecule has 0 radical (unpaired) electrons. The second-order valence-electron chi connectivity index (χ2n) is 7.37. The molecule has 0 unspecified atom stereocenters. The number of aromatic nitrogens is 3. The predicted octanol–water partition coefficient (Wildman–Crippen LogP) is 3.35. The van der Waals surface area contributed by atoms with Crippen LogP contribution in [0.5, 0.6) is 0 Å². The van der Waals surface area contributed by atoms with Crippen LogP contribution in [-0.2, 0) is 0 Å². The average molecular weight is 422 g/mol. The number of anilines is 1. The molecule has 0 aliphatic heterocycles. The molecule has 0 spiro atoms. The number of nitriles is 1. The number of amides is 1. The first-order valence-corrected chi connectivity index (χ1v) is 9.92. The van der Waals surface area contributed by atoms with Gasteiger partial charge >= 0.3 is 0 Å². The molecule has 2 heterocycles. The number of nitrogens with zero attached hydrogens (tertiary/aromatic N) is 3. The van der Waals surface area contributed by atoms with Crippen LogP contribution >= 0.6 is 11.6 Å². The lowest BCUT2D eigenvalue weighted by atomic mass is 10.1. The largest absolute Gasteiger partial charge is 0.388 e. The van der Waals surface area contributed by atoms with E-state index in [1.54, 1.807) is 31.4 Å². The summed E-state index contributed by atoms with van der Waals surface area (Å²) in [4.78, 5) is 24.6. The Morgan fingerprint density at radius 2 is 2.23 bits per heavy atom.